The topological polar surface area (TPSA) is 29.5 Å². The number of carbonyl (C=O) groups is 1. The molecule has 1 aromatic carbocycles. The van der Waals surface area contributed by atoms with Gasteiger partial charge < -0.3 is 9.64 Å². The van der Waals surface area contributed by atoms with E-state index in [0.29, 0.717) is 23.1 Å². The molecule has 1 aliphatic heterocycles. The molecule has 1 aliphatic rings. The first-order chi connectivity index (χ1) is 9.55. The smallest absolute Gasteiger partial charge is 0.257 e. The van der Waals surface area contributed by atoms with Crippen LogP contribution in [0.15, 0.2) is 23.1 Å². The van der Waals surface area contributed by atoms with Gasteiger partial charge in [-0.1, -0.05) is 13.8 Å². The average Bonchev–Trinajstić information content (AvgIpc) is 2.44. The van der Waals surface area contributed by atoms with Crippen LogP contribution in [0.25, 0.3) is 0 Å². The highest BCUT2D eigenvalue weighted by Gasteiger charge is 2.27. The maximum absolute atomic E-state index is 12.7. The van der Waals surface area contributed by atoms with Gasteiger partial charge in [0.25, 0.3) is 5.91 Å². The Balaban J connectivity index is 2.24. The largest absolute Gasteiger partial charge is 0.496 e. The summed E-state index contributed by atoms with van der Waals surface area (Å²) in [6, 6.07) is 5.81. The SMILES string of the molecule is COc1cc(SC)ccc1C(=O)N1C[C@H](C)C[C@H](C)C1. The Bertz CT molecular complexity index is 479. The first-order valence-electron chi connectivity index (χ1n) is 7.06. The zero-order valence-corrected chi connectivity index (χ0v) is 13.5. The van der Waals surface area contributed by atoms with Crippen LogP contribution in [0.3, 0.4) is 0 Å². The van der Waals surface area contributed by atoms with Gasteiger partial charge in [0, 0.05) is 18.0 Å². The second-order valence-corrected chi connectivity index (χ2v) is 6.60. The molecule has 1 aromatic rings. The summed E-state index contributed by atoms with van der Waals surface area (Å²) in [7, 11) is 1.62. The van der Waals surface area contributed by atoms with Crippen LogP contribution in [0.5, 0.6) is 5.75 Å². The molecule has 1 amide bonds. The lowest BCUT2D eigenvalue weighted by atomic mass is 9.91. The fraction of sp³-hybridized carbons (Fsp3) is 0.562. The van der Waals surface area contributed by atoms with Crippen molar-refractivity contribution in [2.75, 3.05) is 26.5 Å². The minimum Gasteiger partial charge on any atom is -0.496 e. The van der Waals surface area contributed by atoms with E-state index >= 15 is 0 Å². The highest BCUT2D eigenvalue weighted by Crippen LogP contribution is 2.28. The van der Waals surface area contributed by atoms with Crippen LogP contribution in [0.1, 0.15) is 30.6 Å². The molecule has 4 heteroatoms. The molecule has 3 nitrogen and oxygen atoms in total. The van der Waals surface area contributed by atoms with Crippen LogP contribution in [0.2, 0.25) is 0 Å². The van der Waals surface area contributed by atoms with E-state index in [1.54, 1.807) is 18.9 Å². The predicted molar refractivity (Wildman–Crippen MR) is 83.6 cm³/mol. The predicted octanol–water partition coefficient (Wildman–Crippen LogP) is 3.54. The van der Waals surface area contributed by atoms with Crippen molar-refractivity contribution < 1.29 is 9.53 Å². The van der Waals surface area contributed by atoms with Gasteiger partial charge >= 0.3 is 0 Å². The second kappa shape index (κ2) is 6.53. The van der Waals surface area contributed by atoms with Crippen molar-refractivity contribution in [3.8, 4) is 5.75 Å². The van der Waals surface area contributed by atoms with Crippen LogP contribution in [0, 0.1) is 11.8 Å². The van der Waals surface area contributed by atoms with E-state index in [2.05, 4.69) is 13.8 Å². The van der Waals surface area contributed by atoms with Crippen molar-refractivity contribution in [1.82, 2.24) is 4.90 Å². The third-order valence-corrected chi connectivity index (χ3v) is 4.52. The molecular formula is C16H23NO2S. The number of hydrogen-bond donors (Lipinski definition) is 0. The van der Waals surface area contributed by atoms with Gasteiger partial charge in [0.15, 0.2) is 0 Å². The number of likely N-dealkylation sites (tertiary alicyclic amines) is 1. The van der Waals surface area contributed by atoms with Crippen LogP contribution in [0.4, 0.5) is 0 Å². The van der Waals surface area contributed by atoms with Gasteiger partial charge in [-0.15, -0.1) is 11.8 Å². The lowest BCUT2D eigenvalue weighted by molar-refractivity contribution is 0.0619. The van der Waals surface area contributed by atoms with Crippen LogP contribution in [-0.2, 0) is 0 Å². The molecule has 20 heavy (non-hydrogen) atoms. The molecule has 0 unspecified atom stereocenters. The normalized spacial score (nSPS) is 22.7. The maximum Gasteiger partial charge on any atom is 0.257 e. The second-order valence-electron chi connectivity index (χ2n) is 5.72. The number of nitrogens with zero attached hydrogens (tertiary/aromatic N) is 1. The lowest BCUT2D eigenvalue weighted by Gasteiger charge is -2.35. The quantitative estimate of drug-likeness (QED) is 0.798. The molecule has 1 heterocycles. The molecule has 0 saturated carbocycles. The van der Waals surface area contributed by atoms with E-state index in [0.717, 1.165) is 18.0 Å². The van der Waals surface area contributed by atoms with E-state index in [1.165, 1.54) is 6.42 Å². The Morgan fingerprint density at radius 3 is 2.50 bits per heavy atom. The van der Waals surface area contributed by atoms with Crippen LogP contribution < -0.4 is 4.74 Å². The number of carbonyl (C=O) groups excluding carboxylic acids is 1. The van der Waals surface area contributed by atoms with Crippen LogP contribution >= 0.6 is 11.8 Å². The first-order valence-corrected chi connectivity index (χ1v) is 8.29. The Labute approximate surface area is 125 Å². The summed E-state index contributed by atoms with van der Waals surface area (Å²) in [6.07, 6.45) is 3.22. The summed E-state index contributed by atoms with van der Waals surface area (Å²) in [4.78, 5) is 15.8. The Kier molecular flexibility index (Phi) is 4.97. The number of benzene rings is 1. The van der Waals surface area contributed by atoms with Crippen molar-refractivity contribution in [1.29, 1.82) is 0 Å². The molecule has 0 aliphatic carbocycles. The van der Waals surface area contributed by atoms with Crippen molar-refractivity contribution in [3.63, 3.8) is 0 Å². The van der Waals surface area contributed by atoms with Gasteiger partial charge in [0.2, 0.25) is 0 Å². The summed E-state index contributed by atoms with van der Waals surface area (Å²) < 4.78 is 5.39. The maximum atomic E-state index is 12.7. The van der Waals surface area contributed by atoms with Gasteiger partial charge in [-0.3, -0.25) is 4.79 Å². The fourth-order valence-corrected chi connectivity index (χ4v) is 3.40. The average molecular weight is 293 g/mol. The zero-order chi connectivity index (χ0) is 14.7. The number of piperidine rings is 1. The molecule has 2 rings (SSSR count). The van der Waals surface area contributed by atoms with E-state index in [4.69, 9.17) is 4.74 Å². The van der Waals surface area contributed by atoms with Gasteiger partial charge in [0.1, 0.15) is 5.75 Å². The van der Waals surface area contributed by atoms with Crippen molar-refractivity contribution >= 4 is 17.7 Å². The van der Waals surface area contributed by atoms with Crippen molar-refractivity contribution in [2.24, 2.45) is 11.8 Å². The highest BCUT2D eigenvalue weighted by atomic mass is 32.2. The minimum atomic E-state index is 0.0907. The minimum absolute atomic E-state index is 0.0907. The summed E-state index contributed by atoms with van der Waals surface area (Å²) in [5.74, 6) is 1.90. The van der Waals surface area contributed by atoms with Crippen LogP contribution in [-0.4, -0.2) is 37.3 Å². The molecular weight excluding hydrogens is 270 g/mol. The van der Waals surface area contributed by atoms with Gasteiger partial charge in [-0.25, -0.2) is 0 Å². The van der Waals surface area contributed by atoms with E-state index in [9.17, 15) is 4.79 Å². The number of rotatable bonds is 3. The molecule has 0 bridgehead atoms. The number of hydrogen-bond acceptors (Lipinski definition) is 3. The van der Waals surface area contributed by atoms with Gasteiger partial charge in [-0.05, 0) is 42.7 Å². The van der Waals surface area contributed by atoms with Crippen molar-refractivity contribution in [2.45, 2.75) is 25.2 Å². The Morgan fingerprint density at radius 2 is 1.95 bits per heavy atom. The molecule has 1 saturated heterocycles. The zero-order valence-electron chi connectivity index (χ0n) is 12.7. The van der Waals surface area contributed by atoms with Gasteiger partial charge in [0.05, 0.1) is 12.7 Å². The molecule has 0 N–H and O–H groups in total. The summed E-state index contributed by atoms with van der Waals surface area (Å²) in [5.41, 5.74) is 0.673. The first kappa shape index (κ1) is 15.2. The molecule has 0 spiro atoms. The molecule has 2 atom stereocenters. The summed E-state index contributed by atoms with van der Waals surface area (Å²) in [5, 5.41) is 0. The number of ether oxygens (including phenoxy) is 1. The summed E-state index contributed by atoms with van der Waals surface area (Å²) in [6.45, 7) is 6.11. The number of methoxy groups -OCH3 is 1. The standard InChI is InChI=1S/C16H23NO2S/c1-11-7-12(2)10-17(9-11)16(18)14-6-5-13(20-4)8-15(14)19-3/h5-6,8,11-12H,7,9-10H2,1-4H3/t11-,12+. The Hall–Kier alpha value is -1.16. The van der Waals surface area contributed by atoms with E-state index in [1.807, 2.05) is 29.4 Å². The third kappa shape index (κ3) is 3.29. The van der Waals surface area contributed by atoms with Gasteiger partial charge in [-0.2, -0.15) is 0 Å². The van der Waals surface area contributed by atoms with E-state index < -0.39 is 0 Å². The fourth-order valence-electron chi connectivity index (χ4n) is 2.97. The number of thioether (sulfide) groups is 1. The Morgan fingerprint density at radius 1 is 1.30 bits per heavy atom. The monoisotopic (exact) mass is 293 g/mol. The lowest BCUT2D eigenvalue weighted by Crippen LogP contribution is -2.42. The van der Waals surface area contributed by atoms with Crippen molar-refractivity contribution in [3.05, 3.63) is 23.8 Å². The molecule has 110 valence electrons. The number of amides is 1. The molecule has 1 fully saturated rings. The van der Waals surface area contributed by atoms with E-state index in [-0.39, 0.29) is 5.91 Å². The third-order valence-electron chi connectivity index (χ3n) is 3.80. The highest BCUT2D eigenvalue weighted by molar-refractivity contribution is 7.98. The molecule has 0 radical (unpaired) electrons. The molecule has 0 aromatic heterocycles. The summed E-state index contributed by atoms with van der Waals surface area (Å²) >= 11 is 1.65.